The van der Waals surface area contributed by atoms with Gasteiger partial charge in [0, 0.05) is 38.7 Å². The summed E-state index contributed by atoms with van der Waals surface area (Å²) in [5, 5.41) is 6.79. The molecule has 5 nitrogen and oxygen atoms in total. The van der Waals surface area contributed by atoms with Gasteiger partial charge in [-0.3, -0.25) is 9.79 Å². The normalized spacial score (nSPS) is 11.3. The van der Waals surface area contributed by atoms with E-state index in [1.54, 1.807) is 19.0 Å². The SMILES string of the molecule is CCNC(=NCC(c1ccccc1)c1ccccc1)NCCc1cccc(C(=O)N(C)C)c1. The van der Waals surface area contributed by atoms with Gasteiger partial charge in [0.1, 0.15) is 0 Å². The van der Waals surface area contributed by atoms with Crippen molar-refractivity contribution in [2.75, 3.05) is 33.7 Å². The predicted octanol–water partition coefficient (Wildman–Crippen LogP) is 4.32. The van der Waals surface area contributed by atoms with Gasteiger partial charge in [0.25, 0.3) is 5.91 Å². The van der Waals surface area contributed by atoms with Crippen LogP contribution in [-0.4, -0.2) is 50.5 Å². The summed E-state index contributed by atoms with van der Waals surface area (Å²) in [7, 11) is 3.54. The molecule has 0 saturated heterocycles. The van der Waals surface area contributed by atoms with E-state index in [0.29, 0.717) is 12.1 Å². The first-order chi connectivity index (χ1) is 16.1. The lowest BCUT2D eigenvalue weighted by atomic mass is 9.91. The highest BCUT2D eigenvalue weighted by Gasteiger charge is 2.14. The molecule has 3 aromatic carbocycles. The van der Waals surface area contributed by atoms with Crippen LogP contribution in [0.5, 0.6) is 0 Å². The molecule has 0 heterocycles. The lowest BCUT2D eigenvalue weighted by Crippen LogP contribution is -2.38. The van der Waals surface area contributed by atoms with Crippen molar-refractivity contribution in [3.8, 4) is 0 Å². The largest absolute Gasteiger partial charge is 0.357 e. The van der Waals surface area contributed by atoms with Crippen molar-refractivity contribution in [1.82, 2.24) is 15.5 Å². The third-order valence-electron chi connectivity index (χ3n) is 5.47. The summed E-state index contributed by atoms with van der Waals surface area (Å²) in [5.41, 5.74) is 4.35. The van der Waals surface area contributed by atoms with Crippen molar-refractivity contribution in [3.63, 3.8) is 0 Å². The second-order valence-corrected chi connectivity index (χ2v) is 8.17. The van der Waals surface area contributed by atoms with Gasteiger partial charge in [0.2, 0.25) is 0 Å². The van der Waals surface area contributed by atoms with Crippen LogP contribution in [0.3, 0.4) is 0 Å². The number of benzene rings is 3. The number of hydrogen-bond donors (Lipinski definition) is 2. The first kappa shape index (κ1) is 24.1. The van der Waals surface area contributed by atoms with E-state index in [1.165, 1.54) is 11.1 Å². The highest BCUT2D eigenvalue weighted by atomic mass is 16.2. The summed E-state index contributed by atoms with van der Waals surface area (Å²) in [4.78, 5) is 18.7. The van der Waals surface area contributed by atoms with Crippen LogP contribution < -0.4 is 10.6 Å². The summed E-state index contributed by atoms with van der Waals surface area (Å²) in [6, 6.07) is 28.9. The van der Waals surface area contributed by atoms with Crippen molar-refractivity contribution in [3.05, 3.63) is 107 Å². The number of nitrogens with one attached hydrogen (secondary N) is 2. The summed E-state index contributed by atoms with van der Waals surface area (Å²) >= 11 is 0. The fourth-order valence-corrected chi connectivity index (χ4v) is 3.74. The quantitative estimate of drug-likeness (QED) is 0.383. The molecule has 2 N–H and O–H groups in total. The molecular formula is C28H34N4O. The molecule has 0 fully saturated rings. The van der Waals surface area contributed by atoms with Gasteiger partial charge in [-0.15, -0.1) is 0 Å². The molecule has 0 unspecified atom stereocenters. The van der Waals surface area contributed by atoms with E-state index < -0.39 is 0 Å². The van der Waals surface area contributed by atoms with E-state index >= 15 is 0 Å². The number of rotatable bonds is 9. The Balaban J connectivity index is 1.67. The number of nitrogens with zero attached hydrogens (tertiary/aromatic N) is 2. The Hall–Kier alpha value is -3.60. The predicted molar refractivity (Wildman–Crippen MR) is 137 cm³/mol. The van der Waals surface area contributed by atoms with Crippen molar-refractivity contribution in [2.45, 2.75) is 19.3 Å². The summed E-state index contributed by atoms with van der Waals surface area (Å²) in [6.45, 7) is 4.24. The van der Waals surface area contributed by atoms with Crippen LogP contribution in [0.1, 0.15) is 39.9 Å². The minimum atomic E-state index is 0.0209. The molecule has 0 aromatic heterocycles. The highest BCUT2D eigenvalue weighted by molar-refractivity contribution is 5.94. The number of guanidine groups is 1. The van der Waals surface area contributed by atoms with Crippen molar-refractivity contribution >= 4 is 11.9 Å². The molecule has 0 aliphatic carbocycles. The maximum Gasteiger partial charge on any atom is 0.253 e. The Bertz CT molecular complexity index is 993. The highest BCUT2D eigenvalue weighted by Crippen LogP contribution is 2.24. The molecular weight excluding hydrogens is 408 g/mol. The second-order valence-electron chi connectivity index (χ2n) is 8.17. The molecule has 0 aliphatic rings. The second kappa shape index (κ2) is 12.4. The Kier molecular flexibility index (Phi) is 9.07. The van der Waals surface area contributed by atoms with Crippen LogP contribution in [0, 0.1) is 0 Å². The van der Waals surface area contributed by atoms with Crippen molar-refractivity contribution in [1.29, 1.82) is 0 Å². The molecule has 5 heteroatoms. The molecule has 0 radical (unpaired) electrons. The Morgan fingerprint density at radius 2 is 1.52 bits per heavy atom. The standard InChI is InChI=1S/C28H34N4O/c1-4-29-28(30-19-18-22-12-11-17-25(20-22)27(33)32(2)3)31-21-26(23-13-7-5-8-14-23)24-15-9-6-10-16-24/h5-17,20,26H,4,18-19,21H2,1-3H3,(H2,29,30,31). The van der Waals surface area contributed by atoms with Gasteiger partial charge in [-0.05, 0) is 42.2 Å². The van der Waals surface area contributed by atoms with Gasteiger partial charge in [-0.2, -0.15) is 0 Å². The maximum atomic E-state index is 12.2. The number of aliphatic imine (C=N–C) groups is 1. The molecule has 0 aliphatic heterocycles. The molecule has 0 saturated carbocycles. The lowest BCUT2D eigenvalue weighted by molar-refractivity contribution is 0.0827. The summed E-state index contributed by atoms with van der Waals surface area (Å²) in [5.74, 6) is 1.01. The number of carbonyl (C=O) groups excluding carboxylic acids is 1. The minimum Gasteiger partial charge on any atom is -0.357 e. The molecule has 1 amide bonds. The monoisotopic (exact) mass is 442 g/mol. The Labute approximate surface area is 197 Å². The number of hydrogen-bond acceptors (Lipinski definition) is 2. The van der Waals surface area contributed by atoms with Gasteiger partial charge < -0.3 is 15.5 Å². The molecule has 3 rings (SSSR count). The molecule has 0 atom stereocenters. The van der Waals surface area contributed by atoms with Crippen LogP contribution >= 0.6 is 0 Å². The zero-order chi connectivity index (χ0) is 23.5. The smallest absolute Gasteiger partial charge is 0.253 e. The van der Waals surface area contributed by atoms with Crippen LogP contribution in [-0.2, 0) is 6.42 Å². The minimum absolute atomic E-state index is 0.0209. The van der Waals surface area contributed by atoms with Gasteiger partial charge in [-0.1, -0.05) is 72.8 Å². The van der Waals surface area contributed by atoms with Gasteiger partial charge in [0.05, 0.1) is 6.54 Å². The fourth-order valence-electron chi connectivity index (χ4n) is 3.74. The van der Waals surface area contributed by atoms with E-state index in [4.69, 9.17) is 4.99 Å². The van der Waals surface area contributed by atoms with E-state index in [0.717, 1.165) is 31.0 Å². The van der Waals surface area contributed by atoms with E-state index in [2.05, 4.69) is 72.2 Å². The van der Waals surface area contributed by atoms with Gasteiger partial charge in [-0.25, -0.2) is 0 Å². The van der Waals surface area contributed by atoms with E-state index in [-0.39, 0.29) is 11.8 Å². The molecule has 3 aromatic rings. The zero-order valence-corrected chi connectivity index (χ0v) is 19.8. The fraction of sp³-hybridized carbons (Fsp3) is 0.286. The van der Waals surface area contributed by atoms with Crippen LogP contribution in [0.4, 0.5) is 0 Å². The molecule has 172 valence electrons. The van der Waals surface area contributed by atoms with Gasteiger partial charge in [0.15, 0.2) is 5.96 Å². The molecule has 0 spiro atoms. The van der Waals surface area contributed by atoms with Gasteiger partial charge >= 0.3 is 0 Å². The zero-order valence-electron chi connectivity index (χ0n) is 19.8. The molecule has 33 heavy (non-hydrogen) atoms. The first-order valence-electron chi connectivity index (χ1n) is 11.5. The topological polar surface area (TPSA) is 56.7 Å². The van der Waals surface area contributed by atoms with Crippen molar-refractivity contribution in [2.24, 2.45) is 4.99 Å². The molecule has 0 bridgehead atoms. The summed E-state index contributed by atoms with van der Waals surface area (Å²) in [6.07, 6.45) is 0.805. The van der Waals surface area contributed by atoms with Crippen LogP contribution in [0.25, 0.3) is 0 Å². The van der Waals surface area contributed by atoms with E-state index in [1.807, 2.05) is 30.3 Å². The Morgan fingerprint density at radius 1 is 0.879 bits per heavy atom. The number of carbonyl (C=O) groups is 1. The maximum absolute atomic E-state index is 12.2. The average Bonchev–Trinajstić information content (AvgIpc) is 2.85. The Morgan fingerprint density at radius 3 is 2.09 bits per heavy atom. The van der Waals surface area contributed by atoms with Crippen LogP contribution in [0.2, 0.25) is 0 Å². The van der Waals surface area contributed by atoms with Crippen molar-refractivity contribution < 1.29 is 4.79 Å². The average molecular weight is 443 g/mol. The third kappa shape index (κ3) is 7.21. The third-order valence-corrected chi connectivity index (χ3v) is 5.47. The van der Waals surface area contributed by atoms with E-state index in [9.17, 15) is 4.79 Å². The lowest BCUT2D eigenvalue weighted by Gasteiger charge is -2.18. The van der Waals surface area contributed by atoms with Crippen LogP contribution in [0.15, 0.2) is 89.9 Å². The number of amides is 1. The summed E-state index contributed by atoms with van der Waals surface area (Å²) < 4.78 is 0. The first-order valence-corrected chi connectivity index (χ1v) is 11.5.